The number of aliphatic hydroxyl groups is 5. The highest BCUT2D eigenvalue weighted by Crippen LogP contribution is 2.62. The maximum atomic E-state index is 13.5. The minimum atomic E-state index is -1.60. The summed E-state index contributed by atoms with van der Waals surface area (Å²) in [4.78, 5) is 38.2. The van der Waals surface area contributed by atoms with E-state index < -0.39 is 66.2 Å². The number of aromatic nitrogens is 2. The minimum Gasteiger partial charge on any atom is -0.462 e. The molecule has 1 aromatic carbocycles. The van der Waals surface area contributed by atoms with Gasteiger partial charge < -0.3 is 53.9 Å². The fourth-order valence-electron chi connectivity index (χ4n) is 9.52. The van der Waals surface area contributed by atoms with Gasteiger partial charge in [-0.15, -0.1) is 0 Å². The molecule has 0 radical (unpaired) electrons. The van der Waals surface area contributed by atoms with Crippen molar-refractivity contribution in [1.29, 1.82) is 0 Å². The van der Waals surface area contributed by atoms with E-state index in [1.165, 1.54) is 0 Å². The van der Waals surface area contributed by atoms with Crippen LogP contribution in [0.5, 0.6) is 0 Å². The first-order valence-electron chi connectivity index (χ1n) is 19.2. The molecule has 11 atom stereocenters. The predicted octanol–water partition coefficient (Wildman–Crippen LogP) is 2.29. The first kappa shape index (κ1) is 40.0. The van der Waals surface area contributed by atoms with Crippen LogP contribution in [0.2, 0.25) is 0 Å². The van der Waals surface area contributed by atoms with E-state index in [9.17, 15) is 35.1 Å². The fourth-order valence-corrected chi connectivity index (χ4v) is 9.52. The third-order valence-electron chi connectivity index (χ3n) is 12.7. The van der Waals surface area contributed by atoms with Crippen LogP contribution >= 0.6 is 0 Å². The Labute approximate surface area is 325 Å². The number of aliphatic hydroxyl groups excluding tert-OH is 5. The normalized spacial score (nSPS) is 36.2. The summed E-state index contributed by atoms with van der Waals surface area (Å²) in [7, 11) is 3.83. The smallest absolute Gasteiger partial charge is 0.343 e. The third-order valence-corrected chi connectivity index (χ3v) is 12.7. The average molecular weight is 777 g/mol. The highest BCUT2D eigenvalue weighted by atomic mass is 16.7. The fraction of sp³-hybridized carbons (Fsp3) is 0.561. The molecule has 3 aliphatic heterocycles. The molecule has 4 heterocycles. The molecule has 1 saturated heterocycles. The number of ether oxygens (including phenoxy) is 4. The molecule has 15 heteroatoms. The zero-order valence-corrected chi connectivity index (χ0v) is 32.3. The van der Waals surface area contributed by atoms with E-state index in [2.05, 4.69) is 11.9 Å². The van der Waals surface area contributed by atoms with Crippen molar-refractivity contribution < 1.29 is 54.1 Å². The molecule has 7 rings (SSSR count). The highest BCUT2D eigenvalue weighted by molar-refractivity contribution is 6.19. The Morgan fingerprint density at radius 1 is 1.11 bits per heavy atom. The number of nitrogens with zero attached hydrogens (tertiary/aromatic N) is 4. The zero-order valence-electron chi connectivity index (χ0n) is 32.3. The Bertz CT molecular complexity index is 1940. The van der Waals surface area contributed by atoms with E-state index in [0.717, 1.165) is 11.4 Å². The summed E-state index contributed by atoms with van der Waals surface area (Å²) in [5.74, 6) is -1.03. The molecule has 2 aromatic rings. The lowest BCUT2D eigenvalue weighted by Crippen LogP contribution is -2.64. The van der Waals surface area contributed by atoms with Gasteiger partial charge in [0, 0.05) is 55.8 Å². The number of cyclic esters (lactones) is 1. The van der Waals surface area contributed by atoms with Crippen LogP contribution in [0.4, 0.5) is 11.6 Å². The maximum Gasteiger partial charge on any atom is 0.343 e. The number of fused-ring (bicyclic) bond motifs is 3. The van der Waals surface area contributed by atoms with Crippen LogP contribution in [0.3, 0.4) is 0 Å². The van der Waals surface area contributed by atoms with Crippen LogP contribution in [0.25, 0.3) is 5.57 Å². The van der Waals surface area contributed by atoms with Gasteiger partial charge in [-0.1, -0.05) is 38.1 Å². The molecule has 2 aliphatic carbocycles. The molecule has 5 N–H and O–H groups in total. The number of allylic oxidation sites excluding steroid dienone is 2. The molecule has 0 bridgehead atoms. The van der Waals surface area contributed by atoms with Gasteiger partial charge in [0.15, 0.2) is 6.29 Å². The monoisotopic (exact) mass is 776 g/mol. The van der Waals surface area contributed by atoms with E-state index in [4.69, 9.17) is 23.9 Å². The first-order valence-corrected chi connectivity index (χ1v) is 19.2. The van der Waals surface area contributed by atoms with Crippen molar-refractivity contribution in [3.63, 3.8) is 0 Å². The molecule has 56 heavy (non-hydrogen) atoms. The van der Waals surface area contributed by atoms with Crippen molar-refractivity contribution in [3.05, 3.63) is 71.8 Å². The Balaban J connectivity index is 1.24. The number of benzene rings is 1. The number of imidazole rings is 1. The first-order chi connectivity index (χ1) is 26.7. The summed E-state index contributed by atoms with van der Waals surface area (Å²) < 4.78 is 25.3. The van der Waals surface area contributed by atoms with E-state index in [0.29, 0.717) is 37.3 Å². The van der Waals surface area contributed by atoms with Crippen LogP contribution in [0, 0.1) is 28.6 Å². The van der Waals surface area contributed by atoms with Crippen molar-refractivity contribution in [2.24, 2.45) is 33.6 Å². The highest BCUT2D eigenvalue weighted by Gasteiger charge is 2.62. The van der Waals surface area contributed by atoms with Crippen molar-refractivity contribution in [2.45, 2.75) is 83.4 Å². The lowest BCUT2D eigenvalue weighted by Gasteiger charge is -2.62. The largest absolute Gasteiger partial charge is 0.462 e. The van der Waals surface area contributed by atoms with E-state index >= 15 is 0 Å². The Morgan fingerprint density at radius 3 is 2.54 bits per heavy atom. The van der Waals surface area contributed by atoms with E-state index in [1.54, 1.807) is 37.4 Å². The molecule has 15 nitrogen and oxygen atoms in total. The van der Waals surface area contributed by atoms with Crippen molar-refractivity contribution in [2.75, 3.05) is 38.8 Å². The maximum absolute atomic E-state index is 13.5. The van der Waals surface area contributed by atoms with Gasteiger partial charge >= 0.3 is 11.9 Å². The van der Waals surface area contributed by atoms with Gasteiger partial charge in [-0.25, -0.2) is 19.6 Å². The number of esters is 2. The van der Waals surface area contributed by atoms with Gasteiger partial charge in [0.05, 0.1) is 31.5 Å². The average Bonchev–Trinajstić information content (AvgIpc) is 3.79. The van der Waals surface area contributed by atoms with Gasteiger partial charge in [0.2, 0.25) is 5.95 Å². The predicted molar refractivity (Wildman–Crippen MR) is 203 cm³/mol. The van der Waals surface area contributed by atoms with E-state index in [1.807, 2.05) is 54.9 Å². The summed E-state index contributed by atoms with van der Waals surface area (Å²) in [5.41, 5.74) is 1.43. The van der Waals surface area contributed by atoms with Crippen molar-refractivity contribution in [1.82, 2.24) is 9.55 Å². The quantitative estimate of drug-likeness (QED) is 0.134. The Morgan fingerprint density at radius 2 is 1.86 bits per heavy atom. The van der Waals surface area contributed by atoms with Crippen LogP contribution in [0.15, 0.2) is 71.2 Å². The molecular weight excluding hydrogens is 724 g/mol. The minimum absolute atomic E-state index is 0.0709. The number of carbonyl (C=O) groups excluding carboxylic acids is 2. The van der Waals surface area contributed by atoms with Crippen LogP contribution < -0.4 is 4.90 Å². The second-order valence-corrected chi connectivity index (χ2v) is 16.2. The van der Waals surface area contributed by atoms with Crippen LogP contribution in [-0.4, -0.2) is 123 Å². The summed E-state index contributed by atoms with van der Waals surface area (Å²) in [6, 6.07) is 7.32. The molecular formula is C41H52N4O11. The molecule has 5 aliphatic rings. The second kappa shape index (κ2) is 15.6. The number of aliphatic imine (C=N–C) groups is 1. The molecule has 0 spiro atoms. The molecule has 1 aromatic heterocycles. The summed E-state index contributed by atoms with van der Waals surface area (Å²) in [6.45, 7) is 5.71. The second-order valence-electron chi connectivity index (χ2n) is 16.2. The molecule has 2 saturated carbocycles. The topological polar surface area (TPSA) is 206 Å². The number of hydrogen-bond acceptors (Lipinski definition) is 14. The van der Waals surface area contributed by atoms with Gasteiger partial charge in [0.1, 0.15) is 35.7 Å². The summed E-state index contributed by atoms with van der Waals surface area (Å²) in [5, 5.41) is 52.6. The lowest BCUT2D eigenvalue weighted by molar-refractivity contribution is -0.329. The summed E-state index contributed by atoms with van der Waals surface area (Å²) >= 11 is 0. The van der Waals surface area contributed by atoms with Crippen molar-refractivity contribution in [3.8, 4) is 0 Å². The Hall–Kier alpha value is -4.22. The lowest BCUT2D eigenvalue weighted by atomic mass is 9.45. The molecule has 0 amide bonds. The van der Waals surface area contributed by atoms with Crippen LogP contribution in [0.1, 0.15) is 45.6 Å². The zero-order chi connectivity index (χ0) is 40.1. The SMILES string of the molecule is CCOC(=O)C(=C1C=C(C=CC2C3Cn4ccnc4N=C3CC3[C@]2(C)CC[C@@H](OC2OC(CO)C(O)C(O)C2O)[C@@]3(C)CO)C(=O)O1)c1ccc(N(C)C)cc1. The van der Waals surface area contributed by atoms with Gasteiger partial charge in [-0.05, 0) is 67.2 Å². The summed E-state index contributed by atoms with van der Waals surface area (Å²) in [6.07, 6.45) is 2.69. The molecule has 302 valence electrons. The standard InChI is InChI=1S/C41H52N4O11/c1-6-53-37(52)32(22-7-10-24(11-8-22)44(4)5)28-17-23(36(51)54-28)9-12-26-25-19-45-16-15-42-39(45)43-27(25)18-30-40(26,2)14-13-31(41(30,3)21-47)56-38-35(50)34(49)33(48)29(20-46)55-38/h7-12,15-17,25-26,29-31,33-35,38,46-50H,6,13-14,18-21H2,1-5H3/t25?,26?,29?,30?,31-,33?,34?,35?,38?,40-,41+/m1/s1. The van der Waals surface area contributed by atoms with Crippen molar-refractivity contribution >= 4 is 34.9 Å². The van der Waals surface area contributed by atoms with Gasteiger partial charge in [-0.3, -0.25) is 0 Å². The van der Waals surface area contributed by atoms with Gasteiger partial charge in [-0.2, -0.15) is 0 Å². The number of carbonyl (C=O) groups is 2. The van der Waals surface area contributed by atoms with Gasteiger partial charge in [0.25, 0.3) is 0 Å². The number of rotatable bonds is 10. The Kier molecular flexibility index (Phi) is 11.1. The number of anilines is 1. The van der Waals surface area contributed by atoms with E-state index in [-0.39, 0.29) is 47.9 Å². The third kappa shape index (κ3) is 6.93. The number of hydrogen-bond donors (Lipinski definition) is 5. The molecule has 3 fully saturated rings. The molecule has 8 unspecified atom stereocenters. The van der Waals surface area contributed by atoms with Crippen LogP contribution in [-0.2, 0) is 35.1 Å².